The highest BCUT2D eigenvalue weighted by Gasteiger charge is 2.30. The second kappa shape index (κ2) is 3.30. The summed E-state index contributed by atoms with van der Waals surface area (Å²) in [7, 11) is 1.61. The zero-order valence-electron chi connectivity index (χ0n) is 6.51. The van der Waals surface area contributed by atoms with Gasteiger partial charge in [-0.1, -0.05) is 0 Å². The van der Waals surface area contributed by atoms with Crippen LogP contribution in [0, 0.1) is 0 Å². The molecule has 60 valence electrons. The molecule has 1 heterocycles. The van der Waals surface area contributed by atoms with Gasteiger partial charge in [0.15, 0.2) is 0 Å². The summed E-state index contributed by atoms with van der Waals surface area (Å²) < 4.78 is 17.8. The Kier molecular flexibility index (Phi) is 2.63. The van der Waals surface area contributed by atoms with Crippen LogP contribution in [0.25, 0.3) is 0 Å². The van der Waals surface area contributed by atoms with Crippen molar-refractivity contribution >= 4 is 0 Å². The van der Waals surface area contributed by atoms with E-state index in [0.717, 1.165) is 18.0 Å². The lowest BCUT2D eigenvalue weighted by atomic mass is 10.2. The van der Waals surface area contributed by atoms with Crippen LogP contribution in [0.3, 0.4) is 0 Å². The molecule has 1 aliphatic rings. The van der Waals surface area contributed by atoms with Gasteiger partial charge < -0.3 is 4.74 Å². The fourth-order valence-corrected chi connectivity index (χ4v) is 1.39. The molecule has 2 unspecified atom stereocenters. The van der Waals surface area contributed by atoms with E-state index in [-0.39, 0.29) is 12.1 Å². The molecule has 0 aliphatic carbocycles. The molecule has 0 aromatic carbocycles. The van der Waals surface area contributed by atoms with E-state index in [2.05, 4.69) is 0 Å². The van der Waals surface area contributed by atoms with Gasteiger partial charge in [0.25, 0.3) is 0 Å². The molecule has 0 amide bonds. The van der Waals surface area contributed by atoms with Crippen molar-refractivity contribution in [3.05, 3.63) is 0 Å². The first-order chi connectivity index (χ1) is 4.75. The minimum Gasteiger partial charge on any atom is -0.383 e. The largest absolute Gasteiger partial charge is 0.383 e. The van der Waals surface area contributed by atoms with Gasteiger partial charge in [-0.15, -0.1) is 9.60 Å². The third kappa shape index (κ3) is 1.47. The number of rotatable bonds is 2. The number of hydrogen-bond acceptors (Lipinski definition) is 2. The highest BCUT2D eigenvalue weighted by atomic mass is 19.2. The lowest BCUT2D eigenvalue weighted by Crippen LogP contribution is -2.29. The predicted molar refractivity (Wildman–Crippen MR) is 37.3 cm³/mol. The average Bonchev–Trinajstić information content (AvgIpc) is 2.20. The molecule has 1 aliphatic heterocycles. The molecule has 1 saturated heterocycles. The Morgan fingerprint density at radius 3 is 2.70 bits per heavy atom. The Morgan fingerprint density at radius 1 is 1.60 bits per heavy atom. The molecule has 0 bridgehead atoms. The molecule has 1 fully saturated rings. The quantitative estimate of drug-likeness (QED) is 0.547. The molecule has 10 heavy (non-hydrogen) atoms. The molecule has 0 aromatic heterocycles. The Morgan fingerprint density at radius 2 is 2.30 bits per heavy atom. The van der Waals surface area contributed by atoms with Gasteiger partial charge in [-0.25, -0.2) is 0 Å². The third-order valence-electron chi connectivity index (χ3n) is 2.05. The van der Waals surface area contributed by atoms with Crippen molar-refractivity contribution in [1.82, 2.24) is 5.12 Å². The van der Waals surface area contributed by atoms with Crippen LogP contribution in [0.5, 0.6) is 0 Å². The molecular formula is C7H14FNO. The highest BCUT2D eigenvalue weighted by Crippen LogP contribution is 2.23. The molecule has 0 N–H and O–H groups in total. The van der Waals surface area contributed by atoms with Gasteiger partial charge in [0.2, 0.25) is 0 Å². The number of halogens is 1. The molecule has 0 aromatic rings. The molecule has 2 nitrogen and oxygen atoms in total. The second-order valence-corrected chi connectivity index (χ2v) is 2.88. The summed E-state index contributed by atoms with van der Waals surface area (Å²) in [6.07, 6.45) is 1.87. The zero-order chi connectivity index (χ0) is 7.56. The first kappa shape index (κ1) is 7.95. The van der Waals surface area contributed by atoms with Gasteiger partial charge in [-0.05, 0) is 19.8 Å². The fraction of sp³-hybridized carbons (Fsp3) is 1.00. The lowest BCUT2D eigenvalue weighted by Gasteiger charge is -2.16. The van der Waals surface area contributed by atoms with Gasteiger partial charge in [0, 0.05) is 13.2 Å². The summed E-state index contributed by atoms with van der Waals surface area (Å²) in [5.74, 6) is 0. The Labute approximate surface area is 60.9 Å². The van der Waals surface area contributed by atoms with Crippen LogP contribution in [0.1, 0.15) is 19.8 Å². The first-order valence-corrected chi connectivity index (χ1v) is 3.68. The van der Waals surface area contributed by atoms with E-state index < -0.39 is 0 Å². The number of ether oxygens (including phenoxy) is 1. The van der Waals surface area contributed by atoms with E-state index in [0.29, 0.717) is 6.61 Å². The van der Waals surface area contributed by atoms with Gasteiger partial charge in [-0.3, -0.25) is 0 Å². The minimum absolute atomic E-state index is 0.000000000000000222. The molecule has 2 atom stereocenters. The van der Waals surface area contributed by atoms with Gasteiger partial charge in [-0.2, -0.15) is 0 Å². The summed E-state index contributed by atoms with van der Waals surface area (Å²) >= 11 is 0. The summed E-state index contributed by atoms with van der Waals surface area (Å²) in [6, 6.07) is 0.0835. The van der Waals surface area contributed by atoms with Gasteiger partial charge in [0.05, 0.1) is 12.6 Å². The van der Waals surface area contributed by atoms with Gasteiger partial charge >= 0.3 is 0 Å². The van der Waals surface area contributed by atoms with E-state index in [1.165, 1.54) is 0 Å². The lowest BCUT2D eigenvalue weighted by molar-refractivity contribution is -0.0466. The van der Waals surface area contributed by atoms with Crippen LogP contribution in [-0.2, 0) is 4.74 Å². The van der Waals surface area contributed by atoms with Gasteiger partial charge in [0.1, 0.15) is 0 Å². The van der Waals surface area contributed by atoms with E-state index in [1.807, 2.05) is 6.92 Å². The highest BCUT2D eigenvalue weighted by molar-refractivity contribution is 4.78. The van der Waals surface area contributed by atoms with Crippen molar-refractivity contribution in [3.8, 4) is 0 Å². The van der Waals surface area contributed by atoms with Crippen molar-refractivity contribution in [3.63, 3.8) is 0 Å². The molecule has 3 heteroatoms. The SMILES string of the molecule is COCC1CCC(C)N1F. The standard InChI is InChI=1S/C7H14FNO/c1-6-3-4-7(5-10-2)9(6)8/h6-7H,3-5H2,1-2H3. The summed E-state index contributed by atoms with van der Waals surface area (Å²) in [5, 5.41) is 0.906. The van der Waals surface area contributed by atoms with Crippen LogP contribution in [0.15, 0.2) is 0 Å². The van der Waals surface area contributed by atoms with Crippen molar-refractivity contribution in [2.45, 2.75) is 31.8 Å². The summed E-state index contributed by atoms with van der Waals surface area (Å²) in [6.45, 7) is 2.41. The fourth-order valence-electron chi connectivity index (χ4n) is 1.39. The van der Waals surface area contributed by atoms with Crippen molar-refractivity contribution in [2.75, 3.05) is 13.7 Å². The smallest absolute Gasteiger partial charge is 0.0644 e. The first-order valence-electron chi connectivity index (χ1n) is 3.68. The Bertz CT molecular complexity index is 108. The van der Waals surface area contributed by atoms with E-state index >= 15 is 0 Å². The van der Waals surface area contributed by atoms with Crippen LogP contribution >= 0.6 is 0 Å². The van der Waals surface area contributed by atoms with E-state index in [1.54, 1.807) is 7.11 Å². The topological polar surface area (TPSA) is 12.5 Å². The maximum atomic E-state index is 12.9. The normalized spacial score (nSPS) is 35.1. The monoisotopic (exact) mass is 147 g/mol. The van der Waals surface area contributed by atoms with Crippen LogP contribution in [0.2, 0.25) is 0 Å². The minimum atomic E-state index is -0.000000000000000222. The number of methoxy groups -OCH3 is 1. The van der Waals surface area contributed by atoms with Crippen LogP contribution in [-0.4, -0.2) is 30.9 Å². The Hall–Kier alpha value is -0.150. The van der Waals surface area contributed by atoms with Crippen molar-refractivity contribution in [2.24, 2.45) is 0 Å². The molecule has 0 spiro atoms. The Balaban J connectivity index is 2.33. The molecule has 0 saturated carbocycles. The summed E-state index contributed by atoms with van der Waals surface area (Å²) in [4.78, 5) is 0. The molecular weight excluding hydrogens is 133 g/mol. The van der Waals surface area contributed by atoms with E-state index in [4.69, 9.17) is 4.74 Å². The number of nitrogens with zero attached hydrogens (tertiary/aromatic N) is 1. The van der Waals surface area contributed by atoms with Crippen molar-refractivity contribution in [1.29, 1.82) is 0 Å². The van der Waals surface area contributed by atoms with Crippen molar-refractivity contribution < 1.29 is 9.22 Å². The number of hydrogen-bond donors (Lipinski definition) is 0. The predicted octanol–water partition coefficient (Wildman–Crippen LogP) is 1.37. The zero-order valence-corrected chi connectivity index (χ0v) is 6.51. The third-order valence-corrected chi connectivity index (χ3v) is 2.05. The molecule has 1 rings (SSSR count). The average molecular weight is 147 g/mol. The summed E-state index contributed by atoms with van der Waals surface area (Å²) in [5.41, 5.74) is 0. The van der Waals surface area contributed by atoms with Crippen LogP contribution in [0.4, 0.5) is 4.48 Å². The maximum Gasteiger partial charge on any atom is 0.0644 e. The van der Waals surface area contributed by atoms with Crippen LogP contribution < -0.4 is 0 Å². The molecule has 0 radical (unpaired) electrons. The van der Waals surface area contributed by atoms with E-state index in [9.17, 15) is 4.48 Å². The maximum absolute atomic E-state index is 12.9. The second-order valence-electron chi connectivity index (χ2n) is 2.88.